The molecular formula is C48H68N14O10. The number of benzene rings is 1. The Bertz CT molecular complexity index is 2580. The third kappa shape index (κ3) is 13.3. The maximum absolute atomic E-state index is 14.9. The normalized spacial score (nSPS) is 25.1. The minimum Gasteiger partial charge on any atom is -0.480 e. The molecule has 1 aromatic carbocycles. The van der Waals surface area contributed by atoms with Crippen molar-refractivity contribution in [2.75, 3.05) is 13.1 Å². The second kappa shape index (κ2) is 23.6. The van der Waals surface area contributed by atoms with E-state index in [-0.39, 0.29) is 80.9 Å². The summed E-state index contributed by atoms with van der Waals surface area (Å²) < 4.78 is 1.58. The third-order valence-electron chi connectivity index (χ3n) is 13.4. The number of carbonyl (C=O) groups is 9. The molecule has 390 valence electrons. The Morgan fingerprint density at radius 3 is 2.24 bits per heavy atom. The van der Waals surface area contributed by atoms with E-state index in [1.807, 2.05) is 34.6 Å². The van der Waals surface area contributed by atoms with Gasteiger partial charge < -0.3 is 64.1 Å². The molecule has 6 heterocycles. The fraction of sp³-hybridized carbons (Fsp3) is 0.562. The molecule has 2 aromatic heterocycles. The number of aromatic nitrogens is 3. The van der Waals surface area contributed by atoms with Crippen LogP contribution < -0.4 is 54.0 Å². The average molecular weight is 1000 g/mol. The molecular weight excluding hydrogens is 933 g/mol. The maximum atomic E-state index is 14.9. The number of aliphatic imine (C=N–C) groups is 1. The number of amides is 8. The number of nitrogens with zero attached hydrogens (tertiary/aromatic N) is 3. The Labute approximate surface area is 416 Å². The van der Waals surface area contributed by atoms with Crippen LogP contribution in [0.2, 0.25) is 0 Å². The second-order valence-corrected chi connectivity index (χ2v) is 19.7. The largest absolute Gasteiger partial charge is 0.480 e. The van der Waals surface area contributed by atoms with Gasteiger partial charge in [0.15, 0.2) is 5.96 Å². The van der Waals surface area contributed by atoms with Crippen LogP contribution in [0.1, 0.15) is 103 Å². The van der Waals surface area contributed by atoms with Crippen LogP contribution in [0.15, 0.2) is 35.7 Å². The predicted molar refractivity (Wildman–Crippen MR) is 263 cm³/mol. The first-order valence-corrected chi connectivity index (χ1v) is 24.5. The number of H-pyrrole nitrogens is 1. The molecule has 4 aliphatic rings. The lowest BCUT2D eigenvalue weighted by Crippen LogP contribution is -2.61. The number of fused-ring (bicyclic) bond motifs is 13. The van der Waals surface area contributed by atoms with E-state index in [1.54, 1.807) is 35.9 Å². The van der Waals surface area contributed by atoms with E-state index >= 15 is 0 Å². The number of carboxylic acids is 1. The molecule has 0 saturated carbocycles. The van der Waals surface area contributed by atoms with Crippen molar-refractivity contribution in [2.24, 2.45) is 34.2 Å². The van der Waals surface area contributed by atoms with Crippen molar-refractivity contribution in [2.45, 2.75) is 141 Å². The standard InChI is InChI=1S/C48H68N14O10/c1-7-24(6)38-45(69)59-33-18-28-27-11-10-25(37(23(4)5)39(61-42(66)30-12-13-35(63)54-30)46(70)58-32(15-22(2)3)44(68)60-38)16-31(27)56-40(28)62-20-26(53-21-62)17-34(47(71)72)55-36(64)19-52-41(65)29(57-43(33)67)9-8-14-51-48(49)50/h10-11,16,20-24,29-30,32-34,37-39,56H,7-9,12-15,17-19H2,1-6H3,(H,52,65)(H,54,63)(H,55,64)(H,57,67)(H,58,70)(H,59,69)(H,60,68)(H,61,66)(H,71,72)(H4,49,50,51)/t24-,29-,30-,32-,33-,34+,37+,38-,39-/m0/s1. The molecule has 7 rings (SSSR count). The number of hydrogen-bond donors (Lipinski definition) is 12. The first-order valence-electron chi connectivity index (χ1n) is 24.5. The summed E-state index contributed by atoms with van der Waals surface area (Å²) in [4.78, 5) is 137. The lowest BCUT2D eigenvalue weighted by atomic mass is 9.81. The van der Waals surface area contributed by atoms with E-state index in [4.69, 9.17) is 11.5 Å². The molecule has 24 heteroatoms. The molecule has 24 nitrogen and oxygen atoms in total. The number of carbonyl (C=O) groups excluding carboxylic acids is 8. The van der Waals surface area contributed by atoms with Gasteiger partial charge in [-0.05, 0) is 55.1 Å². The first-order chi connectivity index (χ1) is 34.1. The summed E-state index contributed by atoms with van der Waals surface area (Å²) >= 11 is 0. The maximum Gasteiger partial charge on any atom is 0.326 e. The molecule has 0 spiro atoms. The topological polar surface area (TPSA) is 368 Å². The van der Waals surface area contributed by atoms with Crippen LogP contribution >= 0.6 is 0 Å². The van der Waals surface area contributed by atoms with Gasteiger partial charge >= 0.3 is 5.97 Å². The molecule has 1 fully saturated rings. The summed E-state index contributed by atoms with van der Waals surface area (Å²) in [7, 11) is 0. The number of aromatic amines is 1. The smallest absolute Gasteiger partial charge is 0.326 e. The lowest BCUT2D eigenvalue weighted by Gasteiger charge is -2.33. The summed E-state index contributed by atoms with van der Waals surface area (Å²) in [5.41, 5.74) is 12.9. The Balaban J connectivity index is 1.58. The fourth-order valence-electron chi connectivity index (χ4n) is 9.41. The van der Waals surface area contributed by atoms with Gasteiger partial charge in [-0.3, -0.25) is 47.9 Å². The lowest BCUT2D eigenvalue weighted by molar-refractivity contribution is -0.141. The number of carboxylic acid groups (broad SMARTS) is 1. The van der Waals surface area contributed by atoms with Gasteiger partial charge in [-0.1, -0.05) is 60.1 Å². The van der Waals surface area contributed by atoms with Crippen molar-refractivity contribution in [1.29, 1.82) is 0 Å². The van der Waals surface area contributed by atoms with Crippen molar-refractivity contribution in [3.05, 3.63) is 47.5 Å². The fourth-order valence-corrected chi connectivity index (χ4v) is 9.41. The summed E-state index contributed by atoms with van der Waals surface area (Å²) in [5.74, 6) is -8.34. The number of hydrogen-bond acceptors (Lipinski definition) is 11. The van der Waals surface area contributed by atoms with E-state index in [0.717, 1.165) is 0 Å². The highest BCUT2D eigenvalue weighted by atomic mass is 16.4. The SMILES string of the molecule is CC[C@H](C)[C@@H]1NC(=O)[C@H](CC(C)C)NC(=O)[C@@H](NC(=O)[C@@H]2CCC(=O)N2)[C@H](C(C)C)c2ccc3c4c([nH]c3c2)-n2cnc(c2)C[C@H](C(=O)O)NC(=O)CNC(=O)[C@H](CCCN=C(N)N)NC(=O)[C@H](C4)NC1=O. The van der Waals surface area contributed by atoms with Crippen LogP contribution in [0.5, 0.6) is 0 Å². The highest BCUT2D eigenvalue weighted by Crippen LogP contribution is 2.35. The van der Waals surface area contributed by atoms with Crippen LogP contribution in [0.25, 0.3) is 16.7 Å². The Morgan fingerprint density at radius 1 is 0.861 bits per heavy atom. The molecule has 3 aromatic rings. The van der Waals surface area contributed by atoms with E-state index in [2.05, 4.69) is 57.5 Å². The minimum absolute atomic E-state index is 0.0324. The van der Waals surface area contributed by atoms with Crippen LogP contribution in [0.3, 0.4) is 0 Å². The van der Waals surface area contributed by atoms with E-state index in [9.17, 15) is 48.3 Å². The molecule has 7 bridgehead atoms. The molecule has 14 N–H and O–H groups in total. The number of rotatable bonds is 12. The van der Waals surface area contributed by atoms with Gasteiger partial charge in [0.05, 0.1) is 12.2 Å². The molecule has 4 aliphatic heterocycles. The van der Waals surface area contributed by atoms with Gasteiger partial charge in [0.1, 0.15) is 54.4 Å². The van der Waals surface area contributed by atoms with Crippen LogP contribution in [0.4, 0.5) is 0 Å². The van der Waals surface area contributed by atoms with Crippen molar-refractivity contribution < 1.29 is 48.3 Å². The highest BCUT2D eigenvalue weighted by Gasteiger charge is 2.40. The van der Waals surface area contributed by atoms with Crippen molar-refractivity contribution in [1.82, 2.24) is 57.1 Å². The van der Waals surface area contributed by atoms with Gasteiger partial charge in [-0.2, -0.15) is 0 Å². The molecule has 72 heavy (non-hydrogen) atoms. The Kier molecular flexibility index (Phi) is 17.6. The van der Waals surface area contributed by atoms with Gasteiger partial charge in [0.25, 0.3) is 0 Å². The third-order valence-corrected chi connectivity index (χ3v) is 13.4. The summed E-state index contributed by atoms with van der Waals surface area (Å²) in [6.45, 7) is 10.5. The van der Waals surface area contributed by atoms with Crippen molar-refractivity contribution in [3.8, 4) is 5.82 Å². The second-order valence-electron chi connectivity index (χ2n) is 19.7. The van der Waals surface area contributed by atoms with E-state index in [0.29, 0.717) is 34.3 Å². The monoisotopic (exact) mass is 1000 g/mol. The number of imidazole rings is 1. The summed E-state index contributed by atoms with van der Waals surface area (Å²) in [6.07, 6.45) is 3.54. The number of aliphatic carboxylic acids is 1. The van der Waals surface area contributed by atoms with E-state index in [1.165, 1.54) is 6.33 Å². The molecule has 9 atom stereocenters. The Hall–Kier alpha value is -7.53. The molecule has 8 amide bonds. The molecule has 0 radical (unpaired) electrons. The van der Waals surface area contributed by atoms with Gasteiger partial charge in [-0.25, -0.2) is 9.78 Å². The Morgan fingerprint density at radius 2 is 1.58 bits per heavy atom. The zero-order valence-corrected chi connectivity index (χ0v) is 41.4. The van der Waals surface area contributed by atoms with Gasteiger partial charge in [0, 0.05) is 54.4 Å². The van der Waals surface area contributed by atoms with Gasteiger partial charge in [0.2, 0.25) is 47.3 Å². The van der Waals surface area contributed by atoms with Crippen molar-refractivity contribution in [3.63, 3.8) is 0 Å². The first kappa shape index (κ1) is 53.8. The number of guanidine groups is 1. The number of nitrogens with two attached hydrogens (primary N) is 2. The zero-order valence-electron chi connectivity index (χ0n) is 41.4. The molecule has 0 aliphatic carbocycles. The van der Waals surface area contributed by atoms with Crippen LogP contribution in [-0.2, 0) is 56.0 Å². The van der Waals surface area contributed by atoms with Gasteiger partial charge in [-0.15, -0.1) is 0 Å². The average Bonchev–Trinajstić information content (AvgIpc) is 4.07. The van der Waals surface area contributed by atoms with Crippen LogP contribution in [0, 0.1) is 17.8 Å². The molecule has 0 unspecified atom stereocenters. The zero-order chi connectivity index (χ0) is 52.6. The molecule has 1 saturated heterocycles. The highest BCUT2D eigenvalue weighted by molar-refractivity contribution is 5.99. The van der Waals surface area contributed by atoms with Crippen molar-refractivity contribution >= 4 is 70.1 Å². The number of nitrogens with one attached hydrogen (secondary N) is 9. The van der Waals surface area contributed by atoms with Crippen LogP contribution in [-0.4, -0.2) is 134 Å². The predicted octanol–water partition coefficient (Wildman–Crippen LogP) is -1.26. The quantitative estimate of drug-likeness (QED) is 0.0437. The summed E-state index contributed by atoms with van der Waals surface area (Å²) in [5, 5.41) is 32.6. The summed E-state index contributed by atoms with van der Waals surface area (Å²) in [6, 6.07) is -3.47. The minimum atomic E-state index is -1.46. The van der Waals surface area contributed by atoms with E-state index < -0.39 is 108 Å².